The average Bonchev–Trinajstić information content (AvgIpc) is 3.16. The highest BCUT2D eigenvalue weighted by atomic mass is 79.9. The number of rotatable bonds is 2. The average molecular weight is 436 g/mol. The first-order chi connectivity index (χ1) is 12.0. The number of fused-ring (bicyclic) bond motifs is 1. The number of halogens is 3. The van der Waals surface area contributed by atoms with Crippen molar-refractivity contribution >= 4 is 51.0 Å². The van der Waals surface area contributed by atoms with Crippen molar-refractivity contribution in [1.29, 1.82) is 0 Å². The summed E-state index contributed by atoms with van der Waals surface area (Å²) < 4.78 is 12.2. The summed E-state index contributed by atoms with van der Waals surface area (Å²) in [5.74, 6) is 1.61. The van der Waals surface area contributed by atoms with Gasteiger partial charge in [-0.15, -0.1) is 0 Å². The Hall–Kier alpha value is -2.01. The molecule has 3 aromatic rings. The lowest BCUT2D eigenvalue weighted by Crippen LogP contribution is -1.97. The number of ether oxygens (including phenoxy) is 1. The SMILES string of the molecule is O=C1/C(=C/c2ccc(-c3cc(Cl)ccc3Cl)o2)Oc2ccc(Br)cc21. The number of hydrogen-bond acceptors (Lipinski definition) is 3. The first kappa shape index (κ1) is 16.5. The van der Waals surface area contributed by atoms with Crippen LogP contribution in [-0.2, 0) is 0 Å². The Morgan fingerprint density at radius 3 is 2.64 bits per heavy atom. The molecule has 0 saturated carbocycles. The van der Waals surface area contributed by atoms with Gasteiger partial charge in [0.25, 0.3) is 0 Å². The van der Waals surface area contributed by atoms with E-state index in [4.69, 9.17) is 32.4 Å². The second-order valence-electron chi connectivity index (χ2n) is 5.41. The monoisotopic (exact) mass is 434 g/mol. The van der Waals surface area contributed by atoms with Crippen LogP contribution >= 0.6 is 39.1 Å². The van der Waals surface area contributed by atoms with Crippen molar-refractivity contribution in [1.82, 2.24) is 0 Å². The number of allylic oxidation sites excluding steroid dienone is 1. The van der Waals surface area contributed by atoms with Gasteiger partial charge >= 0.3 is 0 Å². The molecule has 0 spiro atoms. The Kier molecular flexibility index (Phi) is 4.20. The Morgan fingerprint density at radius 1 is 0.960 bits per heavy atom. The summed E-state index contributed by atoms with van der Waals surface area (Å²) in [5.41, 5.74) is 1.20. The quantitative estimate of drug-likeness (QED) is 0.424. The van der Waals surface area contributed by atoms with Crippen LogP contribution in [0.1, 0.15) is 16.1 Å². The lowest BCUT2D eigenvalue weighted by molar-refractivity contribution is 0.101. The first-order valence-corrected chi connectivity index (χ1v) is 8.85. The predicted octanol–water partition coefficient (Wildman–Crippen LogP) is 6.63. The molecule has 2 aromatic carbocycles. The van der Waals surface area contributed by atoms with Crippen molar-refractivity contribution < 1.29 is 13.9 Å². The van der Waals surface area contributed by atoms with Gasteiger partial charge in [0.05, 0.1) is 10.6 Å². The van der Waals surface area contributed by atoms with Crippen LogP contribution in [-0.4, -0.2) is 5.78 Å². The van der Waals surface area contributed by atoms with Crippen LogP contribution < -0.4 is 4.74 Å². The highest BCUT2D eigenvalue weighted by molar-refractivity contribution is 9.10. The molecule has 2 heterocycles. The van der Waals surface area contributed by atoms with Gasteiger partial charge in [-0.05, 0) is 48.5 Å². The van der Waals surface area contributed by atoms with Crippen LogP contribution in [0.15, 0.2) is 63.2 Å². The van der Waals surface area contributed by atoms with E-state index in [1.807, 2.05) is 6.07 Å². The Morgan fingerprint density at radius 2 is 1.80 bits per heavy atom. The second-order valence-corrected chi connectivity index (χ2v) is 7.17. The van der Waals surface area contributed by atoms with Gasteiger partial charge in [-0.2, -0.15) is 0 Å². The molecule has 0 saturated heterocycles. The summed E-state index contributed by atoms with van der Waals surface area (Å²) in [6.45, 7) is 0. The van der Waals surface area contributed by atoms with Gasteiger partial charge < -0.3 is 9.15 Å². The van der Waals surface area contributed by atoms with Crippen molar-refractivity contribution in [2.75, 3.05) is 0 Å². The van der Waals surface area contributed by atoms with E-state index in [9.17, 15) is 4.79 Å². The molecule has 1 aliphatic rings. The van der Waals surface area contributed by atoms with Crippen LogP contribution in [0.25, 0.3) is 17.4 Å². The molecule has 6 heteroatoms. The van der Waals surface area contributed by atoms with E-state index < -0.39 is 0 Å². The third kappa shape index (κ3) is 3.13. The maximum Gasteiger partial charge on any atom is 0.232 e. The fourth-order valence-corrected chi connectivity index (χ4v) is 3.30. The van der Waals surface area contributed by atoms with Gasteiger partial charge in [0.15, 0.2) is 5.76 Å². The van der Waals surface area contributed by atoms with Crippen molar-refractivity contribution in [3.8, 4) is 17.1 Å². The lowest BCUT2D eigenvalue weighted by Gasteiger charge is -2.01. The van der Waals surface area contributed by atoms with E-state index in [0.717, 1.165) is 4.47 Å². The fourth-order valence-electron chi connectivity index (χ4n) is 2.55. The van der Waals surface area contributed by atoms with E-state index in [0.29, 0.717) is 38.4 Å². The highest BCUT2D eigenvalue weighted by Crippen LogP contribution is 2.35. The number of hydrogen-bond donors (Lipinski definition) is 0. The van der Waals surface area contributed by atoms with Crippen molar-refractivity contribution in [2.45, 2.75) is 0 Å². The molecular formula is C19H9BrCl2O3. The number of ketones is 1. The summed E-state index contributed by atoms with van der Waals surface area (Å²) >= 11 is 15.6. The van der Waals surface area contributed by atoms with Crippen LogP contribution in [0, 0.1) is 0 Å². The molecule has 124 valence electrons. The minimum Gasteiger partial charge on any atom is -0.457 e. The smallest absolute Gasteiger partial charge is 0.232 e. The topological polar surface area (TPSA) is 39.4 Å². The van der Waals surface area contributed by atoms with E-state index in [1.165, 1.54) is 0 Å². The molecule has 0 amide bonds. The van der Waals surface area contributed by atoms with E-state index >= 15 is 0 Å². The molecule has 3 nitrogen and oxygen atoms in total. The van der Waals surface area contributed by atoms with E-state index in [2.05, 4.69) is 15.9 Å². The van der Waals surface area contributed by atoms with Gasteiger partial charge in [0.1, 0.15) is 17.3 Å². The van der Waals surface area contributed by atoms with Gasteiger partial charge in [-0.25, -0.2) is 0 Å². The number of benzene rings is 2. The van der Waals surface area contributed by atoms with Crippen LogP contribution in [0.4, 0.5) is 0 Å². The summed E-state index contributed by atoms with van der Waals surface area (Å²) in [4.78, 5) is 12.4. The summed E-state index contributed by atoms with van der Waals surface area (Å²) in [5, 5.41) is 1.09. The van der Waals surface area contributed by atoms with Crippen LogP contribution in [0.3, 0.4) is 0 Å². The van der Waals surface area contributed by atoms with Crippen molar-refractivity contribution in [2.24, 2.45) is 0 Å². The normalized spacial score (nSPS) is 14.7. The molecule has 25 heavy (non-hydrogen) atoms. The molecule has 0 aliphatic carbocycles. The Bertz CT molecular complexity index is 1040. The molecule has 0 atom stereocenters. The molecule has 0 N–H and O–H groups in total. The largest absolute Gasteiger partial charge is 0.457 e. The predicted molar refractivity (Wildman–Crippen MR) is 101 cm³/mol. The Labute approximate surface area is 161 Å². The van der Waals surface area contributed by atoms with Gasteiger partial charge in [0, 0.05) is 21.1 Å². The molecule has 0 radical (unpaired) electrons. The van der Waals surface area contributed by atoms with Gasteiger partial charge in [0.2, 0.25) is 5.78 Å². The first-order valence-electron chi connectivity index (χ1n) is 7.30. The molecule has 0 unspecified atom stereocenters. The number of Topliss-reactive ketones (excluding diaryl/α,β-unsaturated/α-hetero) is 1. The minimum absolute atomic E-state index is 0.185. The zero-order valence-corrected chi connectivity index (χ0v) is 15.7. The Balaban J connectivity index is 1.67. The van der Waals surface area contributed by atoms with Crippen LogP contribution in [0.2, 0.25) is 10.0 Å². The maximum atomic E-state index is 12.4. The zero-order chi connectivity index (χ0) is 17.6. The van der Waals surface area contributed by atoms with Crippen LogP contribution in [0.5, 0.6) is 5.75 Å². The number of carbonyl (C=O) groups is 1. The number of carbonyl (C=O) groups excluding carboxylic acids is 1. The summed E-state index contributed by atoms with van der Waals surface area (Å²) in [6.07, 6.45) is 1.57. The number of furan rings is 1. The molecule has 1 aromatic heterocycles. The fraction of sp³-hybridized carbons (Fsp3) is 0. The highest BCUT2D eigenvalue weighted by Gasteiger charge is 2.27. The van der Waals surface area contributed by atoms with Gasteiger partial charge in [-0.3, -0.25) is 4.79 Å². The lowest BCUT2D eigenvalue weighted by atomic mass is 10.1. The molecule has 0 bridgehead atoms. The summed E-state index contributed by atoms with van der Waals surface area (Å²) in [7, 11) is 0. The molecule has 4 rings (SSSR count). The zero-order valence-electron chi connectivity index (χ0n) is 12.6. The third-order valence-electron chi connectivity index (χ3n) is 3.72. The van der Waals surface area contributed by atoms with E-state index in [1.54, 1.807) is 48.5 Å². The van der Waals surface area contributed by atoms with Crippen molar-refractivity contribution in [3.05, 3.63) is 80.1 Å². The summed E-state index contributed by atoms with van der Waals surface area (Å²) in [6, 6.07) is 14.0. The second kappa shape index (κ2) is 6.37. The standard InChI is InChI=1S/C19H9BrCl2O3/c20-10-1-5-17-14(7-10)19(23)18(25-17)9-12-3-6-16(24-12)13-8-11(21)2-4-15(13)22/h1-9H/b18-9-. The molecule has 0 fully saturated rings. The third-order valence-corrected chi connectivity index (χ3v) is 4.78. The minimum atomic E-state index is -0.185. The maximum absolute atomic E-state index is 12.4. The van der Waals surface area contributed by atoms with Crippen molar-refractivity contribution in [3.63, 3.8) is 0 Å². The van der Waals surface area contributed by atoms with E-state index in [-0.39, 0.29) is 11.5 Å². The molecule has 1 aliphatic heterocycles. The van der Waals surface area contributed by atoms with Gasteiger partial charge in [-0.1, -0.05) is 39.1 Å². The molecular weight excluding hydrogens is 427 g/mol.